The van der Waals surface area contributed by atoms with E-state index in [9.17, 15) is 0 Å². The van der Waals surface area contributed by atoms with Crippen LogP contribution in [0.15, 0.2) is 24.5 Å². The van der Waals surface area contributed by atoms with Crippen molar-refractivity contribution in [3.63, 3.8) is 0 Å². The molecule has 24 heavy (non-hydrogen) atoms. The van der Waals surface area contributed by atoms with E-state index in [4.69, 9.17) is 4.98 Å². The lowest BCUT2D eigenvalue weighted by atomic mass is 10.2. The molecule has 0 aliphatic carbocycles. The predicted molar refractivity (Wildman–Crippen MR) is 97.8 cm³/mol. The highest BCUT2D eigenvalue weighted by Crippen LogP contribution is 2.18. The highest BCUT2D eigenvalue weighted by atomic mass is 15.3. The number of anilines is 2. The summed E-state index contributed by atoms with van der Waals surface area (Å²) < 4.78 is 1.90. The molecule has 0 aliphatic heterocycles. The van der Waals surface area contributed by atoms with Crippen molar-refractivity contribution in [1.29, 1.82) is 0 Å². The first-order valence-corrected chi connectivity index (χ1v) is 8.34. The Balaban J connectivity index is 1.73. The van der Waals surface area contributed by atoms with Gasteiger partial charge in [0, 0.05) is 48.5 Å². The molecule has 6 nitrogen and oxygen atoms in total. The SMILES string of the molecule is CCc1cc(NCCNc2ccncc2C)n2nc(C)c(C)c2n1. The van der Waals surface area contributed by atoms with E-state index in [1.54, 1.807) is 6.20 Å². The van der Waals surface area contributed by atoms with E-state index in [0.717, 1.165) is 59.2 Å². The maximum absolute atomic E-state index is 4.70. The standard InChI is InChI=1S/C18H24N6/c1-5-15-10-17(24-18(22-15)13(3)14(4)23-24)21-9-8-20-16-6-7-19-11-12(16)2/h6-7,10-11,21H,5,8-9H2,1-4H3,(H,19,20). The van der Waals surface area contributed by atoms with Gasteiger partial charge in [-0.1, -0.05) is 6.92 Å². The molecule has 0 aliphatic rings. The summed E-state index contributed by atoms with van der Waals surface area (Å²) in [4.78, 5) is 8.81. The summed E-state index contributed by atoms with van der Waals surface area (Å²) >= 11 is 0. The summed E-state index contributed by atoms with van der Waals surface area (Å²) in [5.41, 5.74) is 6.43. The molecule has 3 aromatic heterocycles. The summed E-state index contributed by atoms with van der Waals surface area (Å²) in [5, 5.41) is 11.5. The molecular formula is C18H24N6. The average molecular weight is 324 g/mol. The van der Waals surface area contributed by atoms with Gasteiger partial charge in [-0.05, 0) is 38.8 Å². The second-order valence-electron chi connectivity index (χ2n) is 5.98. The minimum absolute atomic E-state index is 0.794. The first kappa shape index (κ1) is 16.2. The van der Waals surface area contributed by atoms with E-state index in [0.29, 0.717) is 0 Å². The zero-order valence-electron chi connectivity index (χ0n) is 14.7. The molecule has 126 valence electrons. The van der Waals surface area contributed by atoms with Crippen LogP contribution in [0.4, 0.5) is 11.5 Å². The van der Waals surface area contributed by atoms with Crippen LogP contribution in [-0.4, -0.2) is 32.7 Å². The van der Waals surface area contributed by atoms with Gasteiger partial charge in [0.2, 0.25) is 0 Å². The number of rotatable bonds is 6. The van der Waals surface area contributed by atoms with Gasteiger partial charge in [-0.25, -0.2) is 4.98 Å². The number of fused-ring (bicyclic) bond motifs is 1. The van der Waals surface area contributed by atoms with Gasteiger partial charge in [-0.3, -0.25) is 4.98 Å². The van der Waals surface area contributed by atoms with Crippen LogP contribution in [0.2, 0.25) is 0 Å². The Labute approximate surface area is 142 Å². The fourth-order valence-corrected chi connectivity index (χ4v) is 2.65. The summed E-state index contributed by atoms with van der Waals surface area (Å²) in [6, 6.07) is 4.08. The van der Waals surface area contributed by atoms with Crippen LogP contribution >= 0.6 is 0 Å². The number of hydrogen-bond donors (Lipinski definition) is 2. The van der Waals surface area contributed by atoms with Crippen molar-refractivity contribution >= 4 is 17.2 Å². The quantitative estimate of drug-likeness (QED) is 0.682. The van der Waals surface area contributed by atoms with Gasteiger partial charge in [0.25, 0.3) is 0 Å². The van der Waals surface area contributed by atoms with Gasteiger partial charge in [0.1, 0.15) is 5.82 Å². The molecule has 3 heterocycles. The van der Waals surface area contributed by atoms with Crippen molar-refractivity contribution in [3.8, 4) is 0 Å². The topological polar surface area (TPSA) is 67.1 Å². The lowest BCUT2D eigenvalue weighted by Gasteiger charge is -2.12. The van der Waals surface area contributed by atoms with E-state index in [1.165, 1.54) is 0 Å². The third-order valence-electron chi connectivity index (χ3n) is 4.24. The van der Waals surface area contributed by atoms with Gasteiger partial charge in [0.05, 0.1) is 5.69 Å². The number of nitrogens with one attached hydrogen (secondary N) is 2. The van der Waals surface area contributed by atoms with Crippen LogP contribution in [0.5, 0.6) is 0 Å². The highest BCUT2D eigenvalue weighted by molar-refractivity contribution is 5.56. The fraction of sp³-hybridized carbons (Fsp3) is 0.389. The number of aromatic nitrogens is 4. The molecule has 0 spiro atoms. The molecule has 2 N–H and O–H groups in total. The predicted octanol–water partition coefficient (Wildman–Crippen LogP) is 3.14. The van der Waals surface area contributed by atoms with Gasteiger partial charge in [-0.15, -0.1) is 0 Å². The fourth-order valence-electron chi connectivity index (χ4n) is 2.65. The van der Waals surface area contributed by atoms with E-state index in [2.05, 4.69) is 47.6 Å². The van der Waals surface area contributed by atoms with Gasteiger partial charge in [0.15, 0.2) is 5.65 Å². The number of aryl methyl sites for hydroxylation is 4. The normalized spacial score (nSPS) is 11.0. The van der Waals surface area contributed by atoms with E-state index in [-0.39, 0.29) is 0 Å². The molecule has 0 fully saturated rings. The number of nitrogens with zero attached hydrogens (tertiary/aromatic N) is 4. The van der Waals surface area contributed by atoms with Crippen molar-refractivity contribution in [3.05, 3.63) is 47.0 Å². The Kier molecular flexibility index (Phi) is 4.64. The zero-order valence-corrected chi connectivity index (χ0v) is 14.7. The van der Waals surface area contributed by atoms with Gasteiger partial charge >= 0.3 is 0 Å². The van der Waals surface area contributed by atoms with Crippen molar-refractivity contribution in [1.82, 2.24) is 19.6 Å². The maximum Gasteiger partial charge on any atom is 0.160 e. The average Bonchev–Trinajstić information content (AvgIpc) is 2.88. The summed E-state index contributed by atoms with van der Waals surface area (Å²) in [6.07, 6.45) is 4.58. The molecule has 3 aromatic rings. The molecule has 0 atom stereocenters. The maximum atomic E-state index is 4.70. The van der Waals surface area contributed by atoms with Crippen LogP contribution in [0.1, 0.15) is 29.4 Å². The van der Waals surface area contributed by atoms with E-state index in [1.807, 2.05) is 23.7 Å². The second-order valence-corrected chi connectivity index (χ2v) is 5.98. The second kappa shape index (κ2) is 6.86. The Morgan fingerprint density at radius 1 is 1.12 bits per heavy atom. The molecule has 0 radical (unpaired) electrons. The van der Waals surface area contributed by atoms with Gasteiger partial charge < -0.3 is 10.6 Å². The van der Waals surface area contributed by atoms with Crippen LogP contribution in [0.3, 0.4) is 0 Å². The van der Waals surface area contributed by atoms with Crippen LogP contribution < -0.4 is 10.6 Å². The molecule has 6 heteroatoms. The Morgan fingerprint density at radius 2 is 1.92 bits per heavy atom. The molecule has 3 rings (SSSR count). The van der Waals surface area contributed by atoms with Crippen molar-refractivity contribution in [2.45, 2.75) is 34.1 Å². The Hall–Kier alpha value is -2.63. The molecule has 0 bridgehead atoms. The Morgan fingerprint density at radius 3 is 2.67 bits per heavy atom. The molecule has 0 unspecified atom stereocenters. The van der Waals surface area contributed by atoms with E-state index >= 15 is 0 Å². The zero-order chi connectivity index (χ0) is 17.1. The van der Waals surface area contributed by atoms with Crippen LogP contribution in [0.25, 0.3) is 5.65 Å². The third-order valence-corrected chi connectivity index (χ3v) is 4.24. The lowest BCUT2D eigenvalue weighted by Crippen LogP contribution is -2.16. The summed E-state index contributed by atoms with van der Waals surface area (Å²) in [5.74, 6) is 0.987. The monoisotopic (exact) mass is 324 g/mol. The molecular weight excluding hydrogens is 300 g/mol. The number of hydrogen-bond acceptors (Lipinski definition) is 5. The molecule has 0 saturated carbocycles. The van der Waals surface area contributed by atoms with Crippen molar-refractivity contribution < 1.29 is 0 Å². The summed E-state index contributed by atoms with van der Waals surface area (Å²) in [6.45, 7) is 9.87. The molecule has 0 aromatic carbocycles. The van der Waals surface area contributed by atoms with Gasteiger partial charge in [-0.2, -0.15) is 9.61 Å². The van der Waals surface area contributed by atoms with Crippen molar-refractivity contribution in [2.24, 2.45) is 0 Å². The number of pyridine rings is 1. The largest absolute Gasteiger partial charge is 0.383 e. The van der Waals surface area contributed by atoms with E-state index < -0.39 is 0 Å². The lowest BCUT2D eigenvalue weighted by molar-refractivity contribution is 0.888. The third kappa shape index (κ3) is 3.18. The molecule has 0 amide bonds. The smallest absolute Gasteiger partial charge is 0.160 e. The Bertz CT molecular complexity index is 852. The highest BCUT2D eigenvalue weighted by Gasteiger charge is 2.11. The molecule has 0 saturated heterocycles. The first-order chi connectivity index (χ1) is 11.6. The first-order valence-electron chi connectivity index (χ1n) is 8.34. The minimum atomic E-state index is 0.794. The summed E-state index contributed by atoms with van der Waals surface area (Å²) in [7, 11) is 0. The van der Waals surface area contributed by atoms with Crippen molar-refractivity contribution in [2.75, 3.05) is 23.7 Å². The minimum Gasteiger partial charge on any atom is -0.383 e. The van der Waals surface area contributed by atoms with Crippen LogP contribution in [-0.2, 0) is 6.42 Å². The van der Waals surface area contributed by atoms with Crippen LogP contribution in [0, 0.1) is 20.8 Å².